The zero-order chi connectivity index (χ0) is 19.6. The van der Waals surface area contributed by atoms with E-state index in [9.17, 15) is 0 Å². The summed E-state index contributed by atoms with van der Waals surface area (Å²) >= 11 is 12.0. The van der Waals surface area contributed by atoms with Crippen LogP contribution in [-0.2, 0) is 9.68 Å². The number of oxime groups is 2. The first-order valence-electron chi connectivity index (χ1n) is 7.91. The monoisotopic (exact) mass is 404 g/mol. The predicted octanol–water partition coefficient (Wildman–Crippen LogP) is 4.80. The molecule has 0 spiro atoms. The van der Waals surface area contributed by atoms with Crippen LogP contribution in [0.25, 0.3) is 0 Å². The minimum absolute atomic E-state index is 0.214. The van der Waals surface area contributed by atoms with Gasteiger partial charge in [-0.25, -0.2) is 0 Å². The molecule has 5 nitrogen and oxygen atoms in total. The van der Waals surface area contributed by atoms with Gasteiger partial charge in [0.2, 0.25) is 0 Å². The van der Waals surface area contributed by atoms with E-state index in [1.807, 2.05) is 24.3 Å². The third-order valence-corrected chi connectivity index (χ3v) is 3.91. The Morgan fingerprint density at radius 1 is 1.00 bits per heavy atom. The second-order valence-electron chi connectivity index (χ2n) is 5.22. The van der Waals surface area contributed by atoms with E-state index in [-0.39, 0.29) is 6.61 Å². The molecule has 2 rings (SSSR count). The third kappa shape index (κ3) is 6.21. The fraction of sp³-hybridized carbons (Fsp3) is 0.200. The lowest BCUT2D eigenvalue weighted by molar-refractivity contribution is 0.210. The second kappa shape index (κ2) is 10.5. The van der Waals surface area contributed by atoms with Crippen LogP contribution in [0.5, 0.6) is 5.75 Å². The maximum absolute atomic E-state index is 6.07. The van der Waals surface area contributed by atoms with Gasteiger partial charge in [0.25, 0.3) is 0 Å². The van der Waals surface area contributed by atoms with E-state index in [0.717, 1.165) is 5.56 Å². The van der Waals surface area contributed by atoms with E-state index >= 15 is 0 Å². The maximum Gasteiger partial charge on any atom is 0.149 e. The Morgan fingerprint density at radius 2 is 1.70 bits per heavy atom. The molecule has 0 saturated carbocycles. The van der Waals surface area contributed by atoms with Crippen molar-refractivity contribution in [3.8, 4) is 17.6 Å². The molecule has 7 heteroatoms. The predicted molar refractivity (Wildman–Crippen MR) is 109 cm³/mol. The Hall–Kier alpha value is -2.68. The van der Waals surface area contributed by atoms with E-state index in [1.165, 1.54) is 14.2 Å². The van der Waals surface area contributed by atoms with Gasteiger partial charge in [-0.3, -0.25) is 0 Å². The molecule has 0 radical (unpaired) electrons. The van der Waals surface area contributed by atoms with Crippen LogP contribution in [0.3, 0.4) is 0 Å². The molecule has 0 aliphatic rings. The molecule has 0 atom stereocenters. The van der Waals surface area contributed by atoms with Crippen molar-refractivity contribution < 1.29 is 14.4 Å². The lowest BCUT2D eigenvalue weighted by atomic mass is 10.1. The quantitative estimate of drug-likeness (QED) is 0.394. The van der Waals surface area contributed by atoms with Crippen molar-refractivity contribution in [2.24, 2.45) is 10.3 Å². The van der Waals surface area contributed by atoms with Gasteiger partial charge in [-0.15, -0.1) is 0 Å². The topological polar surface area (TPSA) is 52.4 Å². The van der Waals surface area contributed by atoms with Crippen LogP contribution < -0.4 is 4.74 Å². The number of hydrogen-bond donors (Lipinski definition) is 0. The normalized spacial score (nSPS) is 11.4. The smallest absolute Gasteiger partial charge is 0.149 e. The molecule has 2 aromatic rings. The van der Waals surface area contributed by atoms with Crippen molar-refractivity contribution >= 4 is 34.6 Å². The maximum atomic E-state index is 6.07. The van der Waals surface area contributed by atoms with Crippen LogP contribution in [0.15, 0.2) is 52.8 Å². The van der Waals surface area contributed by atoms with E-state index in [4.69, 9.17) is 37.6 Å². The number of halogens is 2. The van der Waals surface area contributed by atoms with E-state index in [0.29, 0.717) is 32.8 Å². The highest BCUT2D eigenvalue weighted by molar-refractivity contribution is 6.47. The molecule has 0 unspecified atom stereocenters. The van der Waals surface area contributed by atoms with Crippen LogP contribution in [0, 0.1) is 11.8 Å². The summed E-state index contributed by atoms with van der Waals surface area (Å²) in [5.41, 5.74) is 2.65. The number of rotatable bonds is 6. The molecule has 27 heavy (non-hydrogen) atoms. The highest BCUT2D eigenvalue weighted by Gasteiger charge is 2.09. The lowest BCUT2D eigenvalue weighted by Crippen LogP contribution is -2.13. The first kappa shape index (κ1) is 20.6. The highest BCUT2D eigenvalue weighted by Crippen LogP contribution is 2.19. The molecule has 0 saturated heterocycles. The number of benzene rings is 2. The van der Waals surface area contributed by atoms with Crippen molar-refractivity contribution in [2.75, 3.05) is 20.8 Å². The van der Waals surface area contributed by atoms with Crippen molar-refractivity contribution in [1.29, 1.82) is 0 Å². The molecule has 0 aromatic heterocycles. The Balaban J connectivity index is 2.04. The Morgan fingerprint density at radius 3 is 2.37 bits per heavy atom. The van der Waals surface area contributed by atoms with E-state index in [2.05, 4.69) is 22.2 Å². The molecule has 0 amide bonds. The molecule has 0 fully saturated rings. The van der Waals surface area contributed by atoms with Gasteiger partial charge in [-0.05, 0) is 49.4 Å². The SMILES string of the molecule is CON=C(C)C(=NOC)c1ccc(OCC#Cc2cc(Cl)ccc2Cl)cc1. The standard InChI is InChI=1S/C20H18Cl2N2O3/c1-14(23-25-2)20(24-26-3)15-6-9-18(10-7-15)27-12-4-5-16-13-17(21)8-11-19(16)22/h6-11,13H,12H2,1-3H3. The average Bonchev–Trinajstić information content (AvgIpc) is 2.66. The summed E-state index contributed by atoms with van der Waals surface area (Å²) in [5.74, 6) is 6.53. The summed E-state index contributed by atoms with van der Waals surface area (Å²) in [6.45, 7) is 1.99. The van der Waals surface area contributed by atoms with Gasteiger partial charge in [0.1, 0.15) is 38.0 Å². The van der Waals surface area contributed by atoms with Gasteiger partial charge < -0.3 is 14.4 Å². The van der Waals surface area contributed by atoms with E-state index in [1.54, 1.807) is 25.1 Å². The summed E-state index contributed by atoms with van der Waals surface area (Å²) in [6.07, 6.45) is 0. The first-order chi connectivity index (χ1) is 13.0. The van der Waals surface area contributed by atoms with Gasteiger partial charge in [0.05, 0.1) is 5.02 Å². The zero-order valence-electron chi connectivity index (χ0n) is 15.1. The molecular weight excluding hydrogens is 387 g/mol. The molecule has 2 aromatic carbocycles. The zero-order valence-corrected chi connectivity index (χ0v) is 16.6. The van der Waals surface area contributed by atoms with Crippen molar-refractivity contribution in [2.45, 2.75) is 6.92 Å². The number of ether oxygens (including phenoxy) is 1. The Kier molecular flexibility index (Phi) is 8.00. The largest absolute Gasteiger partial charge is 0.481 e. The molecule has 0 N–H and O–H groups in total. The third-order valence-electron chi connectivity index (χ3n) is 3.34. The summed E-state index contributed by atoms with van der Waals surface area (Å²) in [4.78, 5) is 9.67. The van der Waals surface area contributed by atoms with Crippen LogP contribution in [0.1, 0.15) is 18.1 Å². The summed E-state index contributed by atoms with van der Waals surface area (Å²) in [6, 6.07) is 12.5. The van der Waals surface area contributed by atoms with Crippen LogP contribution in [-0.4, -0.2) is 32.2 Å². The molecule has 0 aliphatic carbocycles. The van der Waals surface area contributed by atoms with Crippen LogP contribution >= 0.6 is 23.2 Å². The van der Waals surface area contributed by atoms with Gasteiger partial charge in [-0.2, -0.15) is 0 Å². The number of hydrogen-bond acceptors (Lipinski definition) is 5. The van der Waals surface area contributed by atoms with Gasteiger partial charge in [0, 0.05) is 16.1 Å². The second-order valence-corrected chi connectivity index (χ2v) is 6.06. The van der Waals surface area contributed by atoms with Crippen LogP contribution in [0.4, 0.5) is 0 Å². The highest BCUT2D eigenvalue weighted by atomic mass is 35.5. The van der Waals surface area contributed by atoms with Gasteiger partial charge in [-0.1, -0.05) is 45.4 Å². The summed E-state index contributed by atoms with van der Waals surface area (Å²) in [5, 5.41) is 9.00. The van der Waals surface area contributed by atoms with Crippen molar-refractivity contribution in [3.63, 3.8) is 0 Å². The molecule has 140 valence electrons. The molecule has 0 heterocycles. The lowest BCUT2D eigenvalue weighted by Gasteiger charge is -2.07. The van der Waals surface area contributed by atoms with Crippen LogP contribution in [0.2, 0.25) is 10.0 Å². The minimum Gasteiger partial charge on any atom is -0.481 e. The minimum atomic E-state index is 0.214. The Bertz CT molecular complexity index is 898. The molecule has 0 bridgehead atoms. The van der Waals surface area contributed by atoms with Gasteiger partial charge >= 0.3 is 0 Å². The molecule has 0 aliphatic heterocycles. The fourth-order valence-corrected chi connectivity index (χ4v) is 2.49. The van der Waals surface area contributed by atoms with Gasteiger partial charge in [0.15, 0.2) is 0 Å². The Labute approximate surface area is 168 Å². The van der Waals surface area contributed by atoms with Crippen molar-refractivity contribution in [3.05, 3.63) is 63.6 Å². The average molecular weight is 405 g/mol. The number of nitrogens with zero attached hydrogens (tertiary/aromatic N) is 2. The van der Waals surface area contributed by atoms with E-state index < -0.39 is 0 Å². The first-order valence-corrected chi connectivity index (χ1v) is 8.67. The fourth-order valence-electron chi connectivity index (χ4n) is 2.15. The van der Waals surface area contributed by atoms with Crippen molar-refractivity contribution in [1.82, 2.24) is 0 Å². The summed E-state index contributed by atoms with van der Waals surface area (Å²) < 4.78 is 5.62. The summed E-state index contributed by atoms with van der Waals surface area (Å²) in [7, 11) is 2.95. The molecular formula is C20H18Cl2N2O3.